The van der Waals surface area contributed by atoms with Crippen LogP contribution in [-0.4, -0.2) is 51.5 Å². The zero-order valence-corrected chi connectivity index (χ0v) is 21.5. The molecule has 33 heavy (non-hydrogen) atoms. The lowest BCUT2D eigenvalue weighted by molar-refractivity contribution is -0.160. The second kappa shape index (κ2) is 10.8. The van der Waals surface area contributed by atoms with Gasteiger partial charge in [-0.25, -0.2) is 12.7 Å². The number of para-hydroxylation sites is 2. The van der Waals surface area contributed by atoms with Crippen molar-refractivity contribution in [2.75, 3.05) is 36.8 Å². The molecule has 2 unspecified atom stereocenters. The van der Waals surface area contributed by atoms with Gasteiger partial charge in [-0.2, -0.15) is 0 Å². The minimum absolute atomic E-state index is 0.0963. The van der Waals surface area contributed by atoms with Gasteiger partial charge in [0, 0.05) is 13.1 Å². The molecular formula is C24H33N3O4S2. The van der Waals surface area contributed by atoms with Crippen LogP contribution in [0.3, 0.4) is 0 Å². The predicted octanol–water partition coefficient (Wildman–Crippen LogP) is 3.96. The summed E-state index contributed by atoms with van der Waals surface area (Å²) in [6.07, 6.45) is 1.44. The molecule has 7 nitrogen and oxygen atoms in total. The largest absolute Gasteiger partial charge is 0.460 e. The third-order valence-electron chi connectivity index (χ3n) is 5.25. The summed E-state index contributed by atoms with van der Waals surface area (Å²) in [5.41, 5.74) is 1.25. The van der Waals surface area contributed by atoms with Crippen LogP contribution < -0.4 is 9.62 Å². The molecule has 0 saturated carbocycles. The molecule has 0 aromatic heterocycles. The Bertz CT molecular complexity index is 1010. The summed E-state index contributed by atoms with van der Waals surface area (Å²) in [6.45, 7) is 7.10. The molecule has 0 amide bonds. The number of carbonyl (C=O) groups excluding carboxylic acids is 1. The summed E-state index contributed by atoms with van der Waals surface area (Å²) >= 11 is 0. The first-order valence-electron chi connectivity index (χ1n) is 11.0. The van der Waals surface area contributed by atoms with E-state index in [0.717, 1.165) is 37.3 Å². The van der Waals surface area contributed by atoms with Gasteiger partial charge in [-0.1, -0.05) is 12.1 Å². The van der Waals surface area contributed by atoms with Crippen molar-refractivity contribution < 1.29 is 17.9 Å². The first kappa shape index (κ1) is 25.4. The summed E-state index contributed by atoms with van der Waals surface area (Å²) in [4.78, 5) is 15.9. The fourth-order valence-electron chi connectivity index (χ4n) is 3.63. The summed E-state index contributed by atoms with van der Waals surface area (Å²) in [6, 6.07) is 14.7. The topological polar surface area (TPSA) is 79.0 Å². The molecule has 1 aliphatic rings. The van der Waals surface area contributed by atoms with Gasteiger partial charge in [0.25, 0.3) is 0 Å². The van der Waals surface area contributed by atoms with Gasteiger partial charge in [-0.3, -0.25) is 9.52 Å². The Balaban J connectivity index is 1.66. The van der Waals surface area contributed by atoms with Gasteiger partial charge < -0.3 is 9.64 Å². The number of nitrogens with zero attached hydrogens (tertiary/aromatic N) is 2. The average Bonchev–Trinajstić information content (AvgIpc) is 2.78. The van der Waals surface area contributed by atoms with E-state index < -0.39 is 27.6 Å². The molecule has 2 aromatic carbocycles. The number of esters is 1. The lowest BCUT2D eigenvalue weighted by atomic mass is 9.96. The van der Waals surface area contributed by atoms with Gasteiger partial charge in [-0.05, 0) is 84.1 Å². The lowest BCUT2D eigenvalue weighted by Gasteiger charge is -2.34. The van der Waals surface area contributed by atoms with Crippen LogP contribution in [0, 0.1) is 5.92 Å². The minimum Gasteiger partial charge on any atom is -0.460 e. The number of piperidine rings is 1. The zero-order valence-electron chi connectivity index (χ0n) is 19.9. The van der Waals surface area contributed by atoms with Crippen LogP contribution in [-0.2, 0) is 31.5 Å². The monoisotopic (exact) mass is 491 g/mol. The molecule has 0 aliphatic carbocycles. The smallest absolute Gasteiger partial charge is 0.309 e. The molecule has 0 bridgehead atoms. The first-order valence-corrected chi connectivity index (χ1v) is 13.3. The van der Waals surface area contributed by atoms with Crippen LogP contribution in [0.15, 0.2) is 58.3 Å². The Morgan fingerprint density at radius 1 is 1.00 bits per heavy atom. The van der Waals surface area contributed by atoms with Crippen molar-refractivity contribution in [3.05, 3.63) is 48.5 Å². The standard InChI is InChI=1S/C24H33N3O4S2/c1-24(2,3)31-23(28)18-14-16-27(17-15-18)22-9-7-6-8-21(22)25-32(29)19-10-12-20(13-11-19)33(30)26(4)5/h6-13,18,25H,14-17H2,1-5H3. The number of ether oxygens (including phenoxy) is 1. The van der Waals surface area contributed by atoms with Crippen LogP contribution in [0.4, 0.5) is 11.4 Å². The number of carbonyl (C=O) groups is 1. The van der Waals surface area contributed by atoms with Gasteiger partial charge in [0.15, 0.2) is 0 Å². The van der Waals surface area contributed by atoms with Crippen LogP contribution in [0.1, 0.15) is 33.6 Å². The molecule has 3 rings (SSSR count). The molecule has 2 aromatic rings. The van der Waals surface area contributed by atoms with Crippen LogP contribution >= 0.6 is 0 Å². The number of hydrogen-bond donors (Lipinski definition) is 1. The number of benzene rings is 2. The maximum Gasteiger partial charge on any atom is 0.309 e. The van der Waals surface area contributed by atoms with Crippen LogP contribution in [0.25, 0.3) is 0 Å². The summed E-state index contributed by atoms with van der Waals surface area (Å²) in [7, 11) is 0.784. The summed E-state index contributed by atoms with van der Waals surface area (Å²) < 4.78 is 35.4. The zero-order chi connectivity index (χ0) is 24.2. The van der Waals surface area contributed by atoms with Crippen molar-refractivity contribution in [3.8, 4) is 0 Å². The average molecular weight is 492 g/mol. The van der Waals surface area contributed by atoms with E-state index in [2.05, 4.69) is 9.62 Å². The third kappa shape index (κ3) is 6.88. The van der Waals surface area contributed by atoms with Gasteiger partial charge in [0.05, 0.1) is 27.1 Å². The summed E-state index contributed by atoms with van der Waals surface area (Å²) in [5, 5.41) is 0. The van der Waals surface area contributed by atoms with Gasteiger partial charge in [0.1, 0.15) is 27.6 Å². The molecular weight excluding hydrogens is 458 g/mol. The molecule has 1 fully saturated rings. The van der Waals surface area contributed by atoms with Gasteiger partial charge >= 0.3 is 5.97 Å². The Morgan fingerprint density at radius 3 is 2.15 bits per heavy atom. The summed E-state index contributed by atoms with van der Waals surface area (Å²) in [5.74, 6) is -0.228. The molecule has 1 aliphatic heterocycles. The predicted molar refractivity (Wildman–Crippen MR) is 134 cm³/mol. The molecule has 9 heteroatoms. The van der Waals surface area contributed by atoms with Crippen LogP contribution in [0.5, 0.6) is 0 Å². The Morgan fingerprint density at radius 2 is 1.58 bits per heavy atom. The van der Waals surface area contributed by atoms with E-state index in [1.54, 1.807) is 42.7 Å². The maximum atomic E-state index is 13.0. The quantitative estimate of drug-likeness (QED) is 0.593. The molecule has 0 radical (unpaired) electrons. The number of nitrogens with one attached hydrogen (secondary N) is 1. The highest BCUT2D eigenvalue weighted by molar-refractivity contribution is 7.86. The number of anilines is 2. The fourth-order valence-corrected chi connectivity index (χ4v) is 5.29. The van der Waals surface area contributed by atoms with Gasteiger partial charge in [0.2, 0.25) is 0 Å². The molecule has 1 saturated heterocycles. The van der Waals surface area contributed by atoms with E-state index in [-0.39, 0.29) is 11.9 Å². The van der Waals surface area contributed by atoms with Gasteiger partial charge in [-0.15, -0.1) is 0 Å². The third-order valence-corrected chi connectivity index (χ3v) is 7.70. The fraction of sp³-hybridized carbons (Fsp3) is 0.458. The van der Waals surface area contributed by atoms with E-state index in [0.29, 0.717) is 9.79 Å². The Kier molecular flexibility index (Phi) is 8.31. The molecule has 0 spiro atoms. The Labute approximate surface area is 201 Å². The maximum absolute atomic E-state index is 13.0. The minimum atomic E-state index is -1.47. The van der Waals surface area contributed by atoms with Crippen molar-refractivity contribution in [2.24, 2.45) is 5.92 Å². The molecule has 1 heterocycles. The van der Waals surface area contributed by atoms with Crippen molar-refractivity contribution in [3.63, 3.8) is 0 Å². The second-order valence-corrected chi connectivity index (χ2v) is 12.1. The molecule has 180 valence electrons. The van der Waals surface area contributed by atoms with Crippen molar-refractivity contribution in [1.82, 2.24) is 4.31 Å². The van der Waals surface area contributed by atoms with E-state index >= 15 is 0 Å². The second-order valence-electron chi connectivity index (χ2n) is 9.22. The van der Waals surface area contributed by atoms with E-state index in [1.807, 2.05) is 45.0 Å². The van der Waals surface area contributed by atoms with E-state index in [4.69, 9.17) is 4.74 Å². The highest BCUT2D eigenvalue weighted by Gasteiger charge is 2.29. The number of hydrogen-bond acceptors (Lipinski definition) is 5. The van der Waals surface area contributed by atoms with Crippen molar-refractivity contribution in [1.29, 1.82) is 0 Å². The van der Waals surface area contributed by atoms with E-state index in [9.17, 15) is 13.2 Å². The highest BCUT2D eigenvalue weighted by atomic mass is 32.2. The van der Waals surface area contributed by atoms with Crippen molar-refractivity contribution in [2.45, 2.75) is 49.0 Å². The Hall–Kier alpha value is -2.23. The van der Waals surface area contributed by atoms with E-state index in [1.165, 1.54) is 0 Å². The molecule has 2 atom stereocenters. The normalized spacial score (nSPS) is 17.0. The van der Waals surface area contributed by atoms with Crippen molar-refractivity contribution >= 4 is 39.3 Å². The first-order chi connectivity index (χ1) is 15.5. The van der Waals surface area contributed by atoms with Crippen LogP contribution in [0.2, 0.25) is 0 Å². The number of rotatable bonds is 7. The lowest BCUT2D eigenvalue weighted by Crippen LogP contribution is -2.39. The highest BCUT2D eigenvalue weighted by Crippen LogP contribution is 2.31. The SMILES string of the molecule is CN(C)S(=O)c1ccc(S(=O)Nc2ccccc2N2CCC(C(=O)OC(C)(C)C)CC2)cc1. The molecule has 1 N–H and O–H groups in total.